The molecule has 6 heteroatoms. The van der Waals surface area contributed by atoms with Crippen molar-refractivity contribution in [2.75, 3.05) is 26.5 Å². The number of methoxy groups -OCH3 is 2. The fraction of sp³-hybridized carbons (Fsp3) is 0.240. The number of hydrogen-bond acceptors (Lipinski definition) is 5. The topological polar surface area (TPSA) is 48.0 Å². The number of hydrogen-bond donors (Lipinski definition) is 0. The van der Waals surface area contributed by atoms with E-state index in [9.17, 15) is 4.79 Å². The Balaban J connectivity index is 1.52. The second-order valence-electron chi connectivity index (χ2n) is 7.13. The zero-order valence-corrected chi connectivity index (χ0v) is 18.4. The molecular weight excluding hydrogens is 410 g/mol. The Morgan fingerprint density at radius 1 is 0.968 bits per heavy atom. The second kappa shape index (κ2) is 9.79. The van der Waals surface area contributed by atoms with Crippen molar-refractivity contribution in [3.8, 4) is 17.2 Å². The summed E-state index contributed by atoms with van der Waals surface area (Å²) in [7, 11) is 3.16. The van der Waals surface area contributed by atoms with Crippen LogP contribution in [-0.2, 0) is 6.61 Å². The van der Waals surface area contributed by atoms with Crippen LogP contribution in [0.15, 0.2) is 72.8 Å². The molecule has 1 aliphatic rings. The molecule has 0 unspecified atom stereocenters. The van der Waals surface area contributed by atoms with Gasteiger partial charge in [0.2, 0.25) is 0 Å². The SMILES string of the molecule is COc1ccc(C(=O)N2CCS[C@H]2c2cccc(OCc3ccccc3)c2)c(OC)c1. The predicted molar refractivity (Wildman–Crippen MR) is 123 cm³/mol. The number of amides is 1. The molecule has 31 heavy (non-hydrogen) atoms. The molecule has 0 spiro atoms. The highest BCUT2D eigenvalue weighted by Crippen LogP contribution is 2.40. The maximum atomic E-state index is 13.4. The number of benzene rings is 3. The van der Waals surface area contributed by atoms with Gasteiger partial charge in [0.25, 0.3) is 5.91 Å². The molecule has 1 atom stereocenters. The molecule has 160 valence electrons. The molecular formula is C25H25NO4S. The van der Waals surface area contributed by atoms with Crippen LogP contribution < -0.4 is 14.2 Å². The minimum absolute atomic E-state index is 0.0508. The van der Waals surface area contributed by atoms with E-state index in [0.29, 0.717) is 30.2 Å². The normalized spacial score (nSPS) is 15.5. The third-order valence-corrected chi connectivity index (χ3v) is 6.44. The Hall–Kier alpha value is -3.12. The van der Waals surface area contributed by atoms with Crippen LogP contribution >= 0.6 is 11.8 Å². The molecule has 5 nitrogen and oxygen atoms in total. The first-order valence-corrected chi connectivity index (χ1v) is 11.2. The molecule has 1 fully saturated rings. The Bertz CT molecular complexity index is 1040. The minimum Gasteiger partial charge on any atom is -0.497 e. The first-order valence-electron chi connectivity index (χ1n) is 10.1. The van der Waals surface area contributed by atoms with E-state index in [4.69, 9.17) is 14.2 Å². The summed E-state index contributed by atoms with van der Waals surface area (Å²) in [6.07, 6.45) is 0. The highest BCUT2D eigenvalue weighted by atomic mass is 32.2. The molecule has 1 heterocycles. The maximum Gasteiger partial charge on any atom is 0.258 e. The van der Waals surface area contributed by atoms with Crippen LogP contribution in [0.25, 0.3) is 0 Å². The largest absolute Gasteiger partial charge is 0.497 e. The summed E-state index contributed by atoms with van der Waals surface area (Å²) < 4.78 is 16.7. The van der Waals surface area contributed by atoms with Crippen molar-refractivity contribution in [3.63, 3.8) is 0 Å². The smallest absolute Gasteiger partial charge is 0.258 e. The number of nitrogens with zero attached hydrogens (tertiary/aromatic N) is 1. The lowest BCUT2D eigenvalue weighted by Gasteiger charge is -2.25. The molecule has 0 saturated carbocycles. The third kappa shape index (κ3) is 4.80. The van der Waals surface area contributed by atoms with Crippen LogP contribution in [-0.4, -0.2) is 37.3 Å². The van der Waals surface area contributed by atoms with Gasteiger partial charge >= 0.3 is 0 Å². The predicted octanol–water partition coefficient (Wildman–Crippen LogP) is 5.17. The summed E-state index contributed by atoms with van der Waals surface area (Å²) in [6.45, 7) is 1.19. The lowest BCUT2D eigenvalue weighted by molar-refractivity contribution is 0.0756. The third-order valence-electron chi connectivity index (χ3n) is 5.18. The number of carbonyl (C=O) groups excluding carboxylic acids is 1. The van der Waals surface area contributed by atoms with Gasteiger partial charge in [0, 0.05) is 18.4 Å². The molecule has 0 N–H and O–H groups in total. The Morgan fingerprint density at radius 2 is 1.81 bits per heavy atom. The lowest BCUT2D eigenvalue weighted by Crippen LogP contribution is -2.30. The first kappa shape index (κ1) is 21.1. The van der Waals surface area contributed by atoms with Gasteiger partial charge in [0.15, 0.2) is 0 Å². The quantitative estimate of drug-likeness (QED) is 0.512. The van der Waals surface area contributed by atoms with Crippen LogP contribution in [0.4, 0.5) is 0 Å². The fourth-order valence-electron chi connectivity index (χ4n) is 3.58. The van der Waals surface area contributed by atoms with Gasteiger partial charge in [0.05, 0.1) is 19.8 Å². The second-order valence-corrected chi connectivity index (χ2v) is 8.32. The molecule has 3 aromatic rings. The monoisotopic (exact) mass is 435 g/mol. The van der Waals surface area contributed by atoms with Gasteiger partial charge in [0.1, 0.15) is 29.2 Å². The van der Waals surface area contributed by atoms with E-state index in [1.807, 2.05) is 59.5 Å². The van der Waals surface area contributed by atoms with Crippen LogP contribution in [0.1, 0.15) is 26.9 Å². The minimum atomic E-state index is -0.0698. The summed E-state index contributed by atoms with van der Waals surface area (Å²) >= 11 is 1.75. The highest BCUT2D eigenvalue weighted by molar-refractivity contribution is 7.99. The summed E-state index contributed by atoms with van der Waals surface area (Å²) in [5.41, 5.74) is 2.70. The van der Waals surface area contributed by atoms with E-state index < -0.39 is 0 Å². The highest BCUT2D eigenvalue weighted by Gasteiger charge is 2.32. The molecule has 0 aromatic heterocycles. The van der Waals surface area contributed by atoms with Gasteiger partial charge in [-0.2, -0.15) is 0 Å². The average molecular weight is 436 g/mol. The Labute approximate surface area is 186 Å². The number of thioether (sulfide) groups is 1. The lowest BCUT2D eigenvalue weighted by atomic mass is 10.1. The first-order chi connectivity index (χ1) is 15.2. The Kier molecular flexibility index (Phi) is 6.67. The van der Waals surface area contributed by atoms with Crippen molar-refractivity contribution >= 4 is 17.7 Å². The average Bonchev–Trinajstić information content (AvgIpc) is 3.33. The molecule has 3 aromatic carbocycles. The maximum absolute atomic E-state index is 13.4. The van der Waals surface area contributed by atoms with E-state index in [2.05, 4.69) is 0 Å². The number of rotatable bonds is 7. The molecule has 0 aliphatic carbocycles. The van der Waals surface area contributed by atoms with E-state index in [-0.39, 0.29) is 11.3 Å². The van der Waals surface area contributed by atoms with Crippen molar-refractivity contribution in [2.24, 2.45) is 0 Å². The molecule has 1 amide bonds. The van der Waals surface area contributed by atoms with Crippen molar-refractivity contribution in [1.82, 2.24) is 4.90 Å². The summed E-state index contributed by atoms with van der Waals surface area (Å²) in [5, 5.41) is -0.0698. The molecule has 0 radical (unpaired) electrons. The fourth-order valence-corrected chi connectivity index (χ4v) is 4.83. The van der Waals surface area contributed by atoms with Crippen LogP contribution in [0.5, 0.6) is 17.2 Å². The molecule has 1 saturated heterocycles. The van der Waals surface area contributed by atoms with Gasteiger partial charge < -0.3 is 19.1 Å². The summed E-state index contributed by atoms with van der Waals surface area (Å²) in [6, 6.07) is 23.4. The van der Waals surface area contributed by atoms with E-state index in [1.54, 1.807) is 44.2 Å². The van der Waals surface area contributed by atoms with E-state index in [0.717, 1.165) is 22.6 Å². The van der Waals surface area contributed by atoms with Crippen LogP contribution in [0.3, 0.4) is 0 Å². The molecule has 4 rings (SSSR count). The number of carbonyl (C=O) groups is 1. The van der Waals surface area contributed by atoms with Gasteiger partial charge in [-0.25, -0.2) is 0 Å². The van der Waals surface area contributed by atoms with E-state index in [1.165, 1.54) is 0 Å². The molecule has 1 aliphatic heterocycles. The number of ether oxygens (including phenoxy) is 3. The van der Waals surface area contributed by atoms with Crippen molar-refractivity contribution in [1.29, 1.82) is 0 Å². The van der Waals surface area contributed by atoms with Crippen molar-refractivity contribution in [2.45, 2.75) is 12.0 Å². The summed E-state index contributed by atoms with van der Waals surface area (Å²) in [4.78, 5) is 15.3. The van der Waals surface area contributed by atoms with Gasteiger partial charge in [-0.3, -0.25) is 4.79 Å². The van der Waals surface area contributed by atoms with Crippen molar-refractivity contribution in [3.05, 3.63) is 89.5 Å². The van der Waals surface area contributed by atoms with Gasteiger partial charge in [-0.1, -0.05) is 42.5 Å². The van der Waals surface area contributed by atoms with Crippen LogP contribution in [0, 0.1) is 0 Å². The zero-order chi connectivity index (χ0) is 21.6. The van der Waals surface area contributed by atoms with E-state index >= 15 is 0 Å². The van der Waals surface area contributed by atoms with Gasteiger partial charge in [-0.05, 0) is 35.4 Å². The Morgan fingerprint density at radius 3 is 2.58 bits per heavy atom. The van der Waals surface area contributed by atoms with Gasteiger partial charge in [-0.15, -0.1) is 11.8 Å². The molecule has 0 bridgehead atoms. The zero-order valence-electron chi connectivity index (χ0n) is 17.6. The summed E-state index contributed by atoms with van der Waals surface area (Å²) in [5.74, 6) is 2.79. The standard InChI is InChI=1S/C25H25NO4S/c1-28-20-11-12-22(23(16-20)29-2)24(27)26-13-14-31-25(26)19-9-6-10-21(15-19)30-17-18-7-4-3-5-8-18/h3-12,15-16,25H,13-14,17H2,1-2H3/t25-/m0/s1. The van der Waals surface area contributed by atoms with Crippen LogP contribution in [0.2, 0.25) is 0 Å². The van der Waals surface area contributed by atoms with Crippen molar-refractivity contribution < 1.29 is 19.0 Å².